The number of ketones is 1. The van der Waals surface area contributed by atoms with Crippen molar-refractivity contribution in [3.05, 3.63) is 0 Å². The highest BCUT2D eigenvalue weighted by atomic mass is 16.7. The van der Waals surface area contributed by atoms with Gasteiger partial charge in [-0.2, -0.15) is 0 Å². The molecule has 2 saturated heterocycles. The molecule has 2 fully saturated rings. The van der Waals surface area contributed by atoms with E-state index in [2.05, 4.69) is 0 Å². The maximum Gasteiger partial charge on any atom is 0.163 e. The van der Waals surface area contributed by atoms with Crippen LogP contribution in [-0.2, 0) is 19.0 Å². The molecular formula is C13H22O4. The van der Waals surface area contributed by atoms with Crippen molar-refractivity contribution in [2.45, 2.75) is 70.6 Å². The number of carbonyl (C=O) groups excluding carboxylic acids is 1. The molecule has 4 heteroatoms. The van der Waals surface area contributed by atoms with E-state index in [0.29, 0.717) is 13.0 Å². The Morgan fingerprint density at radius 1 is 1.35 bits per heavy atom. The molecule has 98 valence electrons. The molecule has 0 aromatic carbocycles. The molecule has 0 amide bonds. The summed E-state index contributed by atoms with van der Waals surface area (Å²) < 4.78 is 17.1. The zero-order valence-electron chi connectivity index (χ0n) is 10.9. The van der Waals surface area contributed by atoms with Gasteiger partial charge in [0.1, 0.15) is 6.10 Å². The molecule has 2 aliphatic rings. The summed E-state index contributed by atoms with van der Waals surface area (Å²) in [6, 6.07) is 0. The molecule has 2 heterocycles. The summed E-state index contributed by atoms with van der Waals surface area (Å²) in [7, 11) is 0. The van der Waals surface area contributed by atoms with E-state index in [9.17, 15) is 4.79 Å². The molecule has 0 aromatic heterocycles. The molecule has 0 aromatic rings. The molecule has 0 saturated carbocycles. The van der Waals surface area contributed by atoms with E-state index in [1.54, 1.807) is 0 Å². The van der Waals surface area contributed by atoms with Crippen molar-refractivity contribution in [2.24, 2.45) is 0 Å². The van der Waals surface area contributed by atoms with Crippen molar-refractivity contribution in [2.75, 3.05) is 6.61 Å². The van der Waals surface area contributed by atoms with Crippen LogP contribution in [0.5, 0.6) is 0 Å². The molecule has 0 aliphatic carbocycles. The molecule has 0 N–H and O–H groups in total. The second-order valence-electron chi connectivity index (χ2n) is 5.35. The van der Waals surface area contributed by atoms with E-state index in [-0.39, 0.29) is 24.1 Å². The highest BCUT2D eigenvalue weighted by molar-refractivity contribution is 5.83. The molecule has 17 heavy (non-hydrogen) atoms. The Kier molecular flexibility index (Phi) is 3.85. The molecule has 0 spiro atoms. The summed E-state index contributed by atoms with van der Waals surface area (Å²) in [6.07, 6.45) is 3.08. The number of ether oxygens (including phenoxy) is 3. The van der Waals surface area contributed by atoms with Gasteiger partial charge >= 0.3 is 0 Å². The van der Waals surface area contributed by atoms with Gasteiger partial charge in [-0.25, -0.2) is 0 Å². The topological polar surface area (TPSA) is 44.8 Å². The van der Waals surface area contributed by atoms with Gasteiger partial charge in [0.25, 0.3) is 0 Å². The third-order valence-corrected chi connectivity index (χ3v) is 3.39. The molecule has 0 radical (unpaired) electrons. The van der Waals surface area contributed by atoms with Gasteiger partial charge in [-0.15, -0.1) is 0 Å². The van der Waals surface area contributed by atoms with Gasteiger partial charge in [0.2, 0.25) is 0 Å². The Morgan fingerprint density at radius 2 is 2.12 bits per heavy atom. The van der Waals surface area contributed by atoms with Gasteiger partial charge in [-0.05, 0) is 26.7 Å². The van der Waals surface area contributed by atoms with Crippen molar-refractivity contribution >= 4 is 5.78 Å². The van der Waals surface area contributed by atoms with Gasteiger partial charge < -0.3 is 14.2 Å². The Labute approximate surface area is 103 Å². The van der Waals surface area contributed by atoms with E-state index in [4.69, 9.17) is 14.2 Å². The Hall–Kier alpha value is -0.450. The van der Waals surface area contributed by atoms with E-state index in [1.807, 2.05) is 20.8 Å². The Balaban J connectivity index is 1.82. The molecule has 3 atom stereocenters. The van der Waals surface area contributed by atoms with E-state index in [1.165, 1.54) is 0 Å². The first-order chi connectivity index (χ1) is 8.00. The predicted octanol–water partition coefficient (Wildman–Crippen LogP) is 2.05. The molecule has 0 bridgehead atoms. The smallest absolute Gasteiger partial charge is 0.163 e. The van der Waals surface area contributed by atoms with Crippen LogP contribution >= 0.6 is 0 Å². The van der Waals surface area contributed by atoms with Crippen molar-refractivity contribution in [1.29, 1.82) is 0 Å². The minimum atomic E-state index is -0.473. The van der Waals surface area contributed by atoms with Crippen LogP contribution in [0.25, 0.3) is 0 Å². The quantitative estimate of drug-likeness (QED) is 0.760. The van der Waals surface area contributed by atoms with Crippen molar-refractivity contribution in [3.63, 3.8) is 0 Å². The lowest BCUT2D eigenvalue weighted by atomic mass is 9.98. The lowest BCUT2D eigenvalue weighted by molar-refractivity contribution is -0.154. The normalized spacial score (nSPS) is 37.4. The summed E-state index contributed by atoms with van der Waals surface area (Å²) >= 11 is 0. The number of rotatable bonds is 3. The van der Waals surface area contributed by atoms with Crippen LogP contribution in [0.4, 0.5) is 0 Å². The average molecular weight is 242 g/mol. The third kappa shape index (κ3) is 3.27. The van der Waals surface area contributed by atoms with Gasteiger partial charge in [-0.1, -0.05) is 6.92 Å². The van der Waals surface area contributed by atoms with Gasteiger partial charge in [0.05, 0.1) is 18.8 Å². The maximum absolute atomic E-state index is 11.5. The van der Waals surface area contributed by atoms with Crippen molar-refractivity contribution < 1.29 is 19.0 Å². The van der Waals surface area contributed by atoms with Crippen LogP contribution in [0.2, 0.25) is 0 Å². The number of Topliss-reactive ketones (excluding diaryl/α,β-unsaturated/α-hetero) is 1. The van der Waals surface area contributed by atoms with Gasteiger partial charge in [-0.3, -0.25) is 4.79 Å². The van der Waals surface area contributed by atoms with Gasteiger partial charge in [0.15, 0.2) is 11.6 Å². The molecule has 2 aliphatic heterocycles. The van der Waals surface area contributed by atoms with Crippen LogP contribution < -0.4 is 0 Å². The summed E-state index contributed by atoms with van der Waals surface area (Å²) in [5, 5.41) is 0. The second-order valence-corrected chi connectivity index (χ2v) is 5.35. The van der Waals surface area contributed by atoms with E-state index < -0.39 is 5.79 Å². The average Bonchev–Trinajstić information content (AvgIpc) is 2.61. The van der Waals surface area contributed by atoms with Gasteiger partial charge in [0, 0.05) is 12.8 Å². The summed E-state index contributed by atoms with van der Waals surface area (Å²) in [5.41, 5.74) is 0. The van der Waals surface area contributed by atoms with Crippen LogP contribution in [0, 0.1) is 0 Å². The predicted molar refractivity (Wildman–Crippen MR) is 62.7 cm³/mol. The third-order valence-electron chi connectivity index (χ3n) is 3.39. The first-order valence-electron chi connectivity index (χ1n) is 6.50. The monoisotopic (exact) mass is 242 g/mol. The highest BCUT2D eigenvalue weighted by Gasteiger charge is 2.36. The van der Waals surface area contributed by atoms with E-state index >= 15 is 0 Å². The summed E-state index contributed by atoms with van der Waals surface area (Å²) in [6.45, 7) is 6.46. The number of carbonyl (C=O) groups is 1. The number of hydrogen-bond acceptors (Lipinski definition) is 4. The Bertz CT molecular complexity index is 287. The first-order valence-corrected chi connectivity index (χ1v) is 6.50. The lowest BCUT2D eigenvalue weighted by Gasteiger charge is -2.29. The fourth-order valence-corrected chi connectivity index (χ4v) is 2.51. The van der Waals surface area contributed by atoms with Crippen molar-refractivity contribution in [3.8, 4) is 0 Å². The van der Waals surface area contributed by atoms with Crippen LogP contribution in [0.3, 0.4) is 0 Å². The zero-order valence-corrected chi connectivity index (χ0v) is 10.9. The summed E-state index contributed by atoms with van der Waals surface area (Å²) in [4.78, 5) is 11.5. The lowest BCUT2D eigenvalue weighted by Crippen LogP contribution is -2.37. The minimum Gasteiger partial charge on any atom is -0.367 e. The minimum absolute atomic E-state index is 0.0979. The summed E-state index contributed by atoms with van der Waals surface area (Å²) in [5.74, 6) is -0.230. The van der Waals surface area contributed by atoms with Crippen LogP contribution in [-0.4, -0.2) is 36.5 Å². The number of hydrogen-bond donors (Lipinski definition) is 0. The highest BCUT2D eigenvalue weighted by Crippen LogP contribution is 2.28. The van der Waals surface area contributed by atoms with E-state index in [0.717, 1.165) is 19.3 Å². The molecule has 0 unspecified atom stereocenters. The maximum atomic E-state index is 11.5. The molecular weight excluding hydrogens is 220 g/mol. The Morgan fingerprint density at radius 3 is 2.71 bits per heavy atom. The zero-order chi connectivity index (χ0) is 12.5. The SMILES string of the molecule is CC[C@H]1O[C@H](C[C@@H]2COC(C)(C)O2)CCC1=O. The van der Waals surface area contributed by atoms with Crippen LogP contribution in [0.1, 0.15) is 46.5 Å². The fraction of sp³-hybridized carbons (Fsp3) is 0.923. The standard InChI is InChI=1S/C13H22O4/c1-4-12-11(14)6-5-9(16-12)7-10-8-15-13(2,3)17-10/h9-10,12H,4-8H2,1-3H3/t9-,10+,12+/m0/s1. The largest absolute Gasteiger partial charge is 0.367 e. The first kappa shape index (κ1) is 13.0. The molecule has 2 rings (SSSR count). The second kappa shape index (κ2) is 5.04. The van der Waals surface area contributed by atoms with Crippen LogP contribution in [0.15, 0.2) is 0 Å². The fourth-order valence-electron chi connectivity index (χ4n) is 2.51. The molecule has 4 nitrogen and oxygen atoms in total. The van der Waals surface area contributed by atoms with Crippen molar-refractivity contribution in [1.82, 2.24) is 0 Å².